The van der Waals surface area contributed by atoms with Gasteiger partial charge in [-0.05, 0) is 42.7 Å². The molecule has 3 aromatic rings. The van der Waals surface area contributed by atoms with E-state index < -0.39 is 34.8 Å². The van der Waals surface area contributed by atoms with E-state index in [1.54, 1.807) is 0 Å². The zero-order valence-corrected chi connectivity index (χ0v) is 14.6. The highest BCUT2D eigenvalue weighted by molar-refractivity contribution is 6.30. The quantitative estimate of drug-likeness (QED) is 0.685. The topological polar surface area (TPSA) is 57.8 Å². The third kappa shape index (κ3) is 2.45. The number of aromatic nitrogens is 2. The van der Waals surface area contributed by atoms with Crippen LogP contribution < -0.4 is 10.9 Å². The number of halogens is 4. The standard InChI is InChI=1S/C19H13ClF3N3O/c20-8-1-2-10(12(22)5-8)15-16-14-11(18(27)26-25-16)6-9(21)7-13(14)24-17(15)19(23)3-4-19/h1-2,5-7,15,17,24H,3-4H2,(H,26,27)/t15-,17-/m0/s1. The van der Waals surface area contributed by atoms with E-state index >= 15 is 4.39 Å². The Kier molecular flexibility index (Phi) is 3.37. The summed E-state index contributed by atoms with van der Waals surface area (Å²) < 4.78 is 43.9. The second-order valence-electron chi connectivity index (χ2n) is 7.11. The molecule has 4 nitrogen and oxygen atoms in total. The summed E-state index contributed by atoms with van der Waals surface area (Å²) in [6, 6.07) is 5.65. The van der Waals surface area contributed by atoms with Crippen LogP contribution in [0.4, 0.5) is 18.9 Å². The highest BCUT2D eigenvalue weighted by atomic mass is 35.5. The summed E-state index contributed by atoms with van der Waals surface area (Å²) in [5.41, 5.74) is -1.31. The van der Waals surface area contributed by atoms with Gasteiger partial charge in [-0.2, -0.15) is 5.10 Å². The van der Waals surface area contributed by atoms with Crippen molar-refractivity contribution in [2.75, 3.05) is 5.32 Å². The first-order valence-electron chi connectivity index (χ1n) is 8.50. The molecule has 1 aromatic heterocycles. The SMILES string of the molecule is O=c1[nH]nc2c3c(cc(F)cc13)N[C@H](C1(F)CC1)[C@H]2c1ccc(Cl)cc1F. The molecule has 2 atom stereocenters. The number of nitrogens with zero attached hydrogens (tertiary/aromatic N) is 1. The number of H-pyrrole nitrogens is 1. The largest absolute Gasteiger partial charge is 0.377 e. The number of alkyl halides is 1. The molecule has 2 aromatic carbocycles. The van der Waals surface area contributed by atoms with Crippen LogP contribution in [0.1, 0.15) is 30.0 Å². The van der Waals surface area contributed by atoms with E-state index in [1.807, 2.05) is 0 Å². The summed E-state index contributed by atoms with van der Waals surface area (Å²) in [7, 11) is 0. The fraction of sp³-hybridized carbons (Fsp3) is 0.263. The predicted octanol–water partition coefficient (Wildman–Crippen LogP) is 4.28. The van der Waals surface area contributed by atoms with Crippen LogP contribution in [0.2, 0.25) is 5.02 Å². The van der Waals surface area contributed by atoms with E-state index in [1.165, 1.54) is 18.2 Å². The van der Waals surface area contributed by atoms with E-state index in [0.717, 1.165) is 12.1 Å². The molecular formula is C19H13ClF3N3O. The smallest absolute Gasteiger partial charge is 0.272 e. The van der Waals surface area contributed by atoms with E-state index in [2.05, 4.69) is 15.5 Å². The first kappa shape index (κ1) is 16.6. The Labute approximate surface area is 156 Å². The average molecular weight is 392 g/mol. The minimum Gasteiger partial charge on any atom is -0.377 e. The van der Waals surface area contributed by atoms with Crippen LogP contribution >= 0.6 is 11.6 Å². The monoisotopic (exact) mass is 391 g/mol. The van der Waals surface area contributed by atoms with Crippen LogP contribution in [0, 0.1) is 11.6 Å². The summed E-state index contributed by atoms with van der Waals surface area (Å²) in [4.78, 5) is 12.1. The van der Waals surface area contributed by atoms with Crippen LogP contribution in [-0.4, -0.2) is 21.9 Å². The molecular weight excluding hydrogens is 379 g/mol. The molecule has 0 radical (unpaired) electrons. The number of anilines is 1. The molecule has 27 heavy (non-hydrogen) atoms. The Hall–Kier alpha value is -2.54. The lowest BCUT2D eigenvalue weighted by Crippen LogP contribution is -2.42. The van der Waals surface area contributed by atoms with Gasteiger partial charge in [-0.1, -0.05) is 17.7 Å². The maximum absolute atomic E-state index is 15.2. The fourth-order valence-corrected chi connectivity index (χ4v) is 4.13. The summed E-state index contributed by atoms with van der Waals surface area (Å²) in [5.74, 6) is -2.01. The van der Waals surface area contributed by atoms with Crippen LogP contribution in [0.15, 0.2) is 35.1 Å². The molecule has 8 heteroatoms. The van der Waals surface area contributed by atoms with Gasteiger partial charge in [0.25, 0.3) is 5.56 Å². The molecule has 2 aliphatic rings. The normalized spacial score (nSPS) is 22.5. The molecule has 0 bridgehead atoms. The second kappa shape index (κ2) is 5.48. The highest BCUT2D eigenvalue weighted by Crippen LogP contribution is 2.53. The van der Waals surface area contributed by atoms with Gasteiger partial charge < -0.3 is 5.32 Å². The lowest BCUT2D eigenvalue weighted by atomic mass is 9.80. The van der Waals surface area contributed by atoms with Gasteiger partial charge >= 0.3 is 0 Å². The van der Waals surface area contributed by atoms with Crippen molar-refractivity contribution in [3.05, 3.63) is 68.6 Å². The van der Waals surface area contributed by atoms with Crippen LogP contribution in [0.5, 0.6) is 0 Å². The highest BCUT2D eigenvalue weighted by Gasteiger charge is 2.56. The molecule has 0 spiro atoms. The first-order valence-corrected chi connectivity index (χ1v) is 8.87. The lowest BCUT2D eigenvalue weighted by Gasteiger charge is -2.36. The molecule has 0 amide bonds. The summed E-state index contributed by atoms with van der Waals surface area (Å²) in [5, 5.41) is 10.1. The molecule has 2 heterocycles. The lowest BCUT2D eigenvalue weighted by molar-refractivity contribution is 0.251. The number of nitrogens with one attached hydrogen (secondary N) is 2. The Morgan fingerprint density at radius 3 is 2.67 bits per heavy atom. The number of rotatable bonds is 2. The first-order chi connectivity index (χ1) is 12.9. The van der Waals surface area contributed by atoms with Gasteiger partial charge in [0.2, 0.25) is 0 Å². The Morgan fingerprint density at radius 1 is 1.19 bits per heavy atom. The summed E-state index contributed by atoms with van der Waals surface area (Å²) >= 11 is 5.86. The maximum atomic E-state index is 15.2. The molecule has 5 rings (SSSR count). The third-order valence-corrected chi connectivity index (χ3v) is 5.64. The number of hydrogen-bond acceptors (Lipinski definition) is 3. The molecule has 0 saturated heterocycles. The van der Waals surface area contributed by atoms with Crippen LogP contribution in [0.3, 0.4) is 0 Å². The van der Waals surface area contributed by atoms with Crippen molar-refractivity contribution in [2.45, 2.75) is 30.5 Å². The minimum absolute atomic E-state index is 0.0871. The third-order valence-electron chi connectivity index (χ3n) is 5.40. The van der Waals surface area contributed by atoms with Crippen molar-refractivity contribution in [3.63, 3.8) is 0 Å². The summed E-state index contributed by atoms with van der Waals surface area (Å²) in [6.45, 7) is 0. The number of benzene rings is 2. The van der Waals surface area contributed by atoms with Crippen molar-refractivity contribution in [3.8, 4) is 0 Å². The Bertz CT molecular complexity index is 1160. The van der Waals surface area contributed by atoms with Crippen LogP contribution in [0.25, 0.3) is 10.8 Å². The second-order valence-corrected chi connectivity index (χ2v) is 7.55. The van der Waals surface area contributed by atoms with Gasteiger partial charge in [0, 0.05) is 16.1 Å². The molecule has 0 unspecified atom stereocenters. The average Bonchev–Trinajstić information content (AvgIpc) is 3.36. The molecule has 1 saturated carbocycles. The zero-order valence-electron chi connectivity index (χ0n) is 13.8. The molecule has 2 N–H and O–H groups in total. The van der Waals surface area contributed by atoms with Gasteiger partial charge in [-0.3, -0.25) is 4.79 Å². The minimum atomic E-state index is -1.56. The van der Waals surface area contributed by atoms with Gasteiger partial charge in [0.15, 0.2) is 0 Å². The number of hydrogen-bond donors (Lipinski definition) is 2. The van der Waals surface area contributed by atoms with Gasteiger partial charge in [-0.15, -0.1) is 0 Å². The molecule has 1 aliphatic heterocycles. The maximum Gasteiger partial charge on any atom is 0.272 e. The van der Waals surface area contributed by atoms with Crippen LogP contribution in [-0.2, 0) is 0 Å². The van der Waals surface area contributed by atoms with Crippen molar-refractivity contribution < 1.29 is 13.2 Å². The van der Waals surface area contributed by atoms with Gasteiger partial charge in [-0.25, -0.2) is 18.3 Å². The van der Waals surface area contributed by atoms with Gasteiger partial charge in [0.05, 0.1) is 23.0 Å². The van der Waals surface area contributed by atoms with E-state index in [9.17, 15) is 13.6 Å². The number of aromatic amines is 1. The van der Waals surface area contributed by atoms with Crippen molar-refractivity contribution in [1.82, 2.24) is 10.2 Å². The van der Waals surface area contributed by atoms with E-state index in [-0.39, 0.29) is 21.7 Å². The summed E-state index contributed by atoms with van der Waals surface area (Å²) in [6.07, 6.45) is 0.626. The zero-order chi connectivity index (χ0) is 18.9. The van der Waals surface area contributed by atoms with Crippen molar-refractivity contribution >= 4 is 28.1 Å². The van der Waals surface area contributed by atoms with Crippen molar-refractivity contribution in [2.24, 2.45) is 0 Å². The molecule has 138 valence electrons. The molecule has 1 fully saturated rings. The fourth-order valence-electron chi connectivity index (χ4n) is 3.98. The van der Waals surface area contributed by atoms with E-state index in [4.69, 9.17) is 11.6 Å². The predicted molar refractivity (Wildman–Crippen MR) is 96.1 cm³/mol. The van der Waals surface area contributed by atoms with Crippen molar-refractivity contribution in [1.29, 1.82) is 0 Å². The Morgan fingerprint density at radius 2 is 1.96 bits per heavy atom. The molecule has 1 aliphatic carbocycles. The van der Waals surface area contributed by atoms with E-state index in [0.29, 0.717) is 23.9 Å². The Balaban J connectivity index is 1.83. The van der Waals surface area contributed by atoms with Gasteiger partial charge in [0.1, 0.15) is 17.3 Å².